The van der Waals surface area contributed by atoms with Crippen LogP contribution in [0.4, 0.5) is 0 Å². The Bertz CT molecular complexity index is 7280. The van der Waals surface area contributed by atoms with Gasteiger partial charge in [0.15, 0.2) is 17.5 Å². The lowest BCUT2D eigenvalue weighted by atomic mass is 9.69. The second-order valence-corrected chi connectivity index (χ2v) is 31.4. The van der Waals surface area contributed by atoms with Crippen LogP contribution in [0.15, 0.2) is 383 Å². The molecular weight excluding hydrogens is 1420 g/mol. The van der Waals surface area contributed by atoms with E-state index in [4.69, 9.17) is 34.9 Å². The molecule has 0 amide bonds. The van der Waals surface area contributed by atoms with Crippen LogP contribution in [0.5, 0.6) is 0 Å². The Morgan fingerprint density at radius 1 is 0.239 bits per heavy atom. The topological polar surface area (TPSA) is 90.2 Å². The number of aryl methyl sites for hydroxylation is 2. The van der Waals surface area contributed by atoms with Crippen LogP contribution in [0.2, 0.25) is 0 Å². The summed E-state index contributed by atoms with van der Waals surface area (Å²) >= 11 is 0. The number of hydrogen-bond acceptors (Lipinski definition) is 7. The Morgan fingerprint density at radius 3 is 1.45 bits per heavy atom. The van der Waals surface area contributed by atoms with E-state index < -0.39 is 10.8 Å². The molecule has 0 N–H and O–H groups in total. The Labute approximate surface area is 678 Å². The second-order valence-electron chi connectivity index (χ2n) is 31.4. The molecule has 4 heterocycles. The van der Waals surface area contributed by atoms with Gasteiger partial charge in [-0.1, -0.05) is 315 Å². The van der Waals surface area contributed by atoms with E-state index in [-0.39, 0.29) is 0 Å². The van der Waals surface area contributed by atoms with E-state index in [0.717, 1.165) is 128 Å². The van der Waals surface area contributed by atoms with Gasteiger partial charge in [0.25, 0.3) is 0 Å². The van der Waals surface area contributed by atoms with Crippen LogP contribution in [0.25, 0.3) is 168 Å². The standard InChI is InChI=1S/C110H71N7/c1-67-54-79(65-111-64-67)75-35-22-36-76(57-75)91-61-101-92(60-93(91)108-116-106(73-31-10-5-11-32-73)115-107(117-108)78-37-23-34-74(58-78)70-26-6-3-7-27-70)86-52-50-69(56-99(86)110(101)95-46-19-14-39-82(95)83-40-15-20-47-96(83)110)55-80-66-112-102(72-29-8-4-9-30-72)62-90(80)77-51-53-85-84-41-16-18-45-94(84)109(100(85)59-77)97-48-21-17-42-88(97)105-89(44-25-49-98(105)109)104-63-103(113-68(2)114-104)87-43-24-33-71-28-12-13-38-81(71)87/h3-54,56-66H,55H2,1-2H3. The van der Waals surface area contributed by atoms with Gasteiger partial charge in [0, 0.05) is 57.5 Å². The third-order valence-electron chi connectivity index (χ3n) is 24.9. The minimum Gasteiger partial charge on any atom is -0.264 e. The van der Waals surface area contributed by atoms with Crippen molar-refractivity contribution in [1.82, 2.24) is 34.9 Å². The van der Waals surface area contributed by atoms with Crippen molar-refractivity contribution in [2.24, 2.45) is 0 Å². The highest BCUT2D eigenvalue weighted by Gasteiger charge is 2.54. The van der Waals surface area contributed by atoms with Crippen molar-refractivity contribution < 1.29 is 0 Å². The molecule has 0 saturated heterocycles. The van der Waals surface area contributed by atoms with Crippen molar-refractivity contribution in [3.05, 3.63) is 450 Å². The minimum absolute atomic E-state index is 0.575. The number of rotatable bonds is 12. The first-order chi connectivity index (χ1) is 57.8. The Hall–Kier alpha value is -15.1. The highest BCUT2D eigenvalue weighted by molar-refractivity contribution is 6.03. The molecule has 0 bridgehead atoms. The summed E-state index contributed by atoms with van der Waals surface area (Å²) in [5, 5.41) is 2.34. The molecule has 19 aromatic rings. The summed E-state index contributed by atoms with van der Waals surface area (Å²) in [7, 11) is 0. The van der Waals surface area contributed by atoms with E-state index in [0.29, 0.717) is 23.9 Å². The van der Waals surface area contributed by atoms with Crippen molar-refractivity contribution in [2.75, 3.05) is 0 Å². The first-order valence-corrected chi connectivity index (χ1v) is 40.2. The van der Waals surface area contributed by atoms with E-state index in [2.05, 4.69) is 371 Å². The summed E-state index contributed by atoms with van der Waals surface area (Å²) < 4.78 is 0. The molecule has 4 aliphatic rings. The summed E-state index contributed by atoms with van der Waals surface area (Å²) in [6, 6.07) is 134. The fourth-order valence-corrected chi connectivity index (χ4v) is 19.9. The number of pyridine rings is 2. The lowest BCUT2D eigenvalue weighted by molar-refractivity contribution is 0.792. The smallest absolute Gasteiger partial charge is 0.164 e. The normalized spacial score (nSPS) is 13.9. The third-order valence-corrected chi connectivity index (χ3v) is 24.9. The molecule has 7 heteroatoms. The average molecular weight is 1490 g/mol. The van der Waals surface area contributed by atoms with Crippen LogP contribution in [0.1, 0.15) is 67.0 Å². The first kappa shape index (κ1) is 67.6. The maximum Gasteiger partial charge on any atom is 0.164 e. The van der Waals surface area contributed by atoms with Crippen LogP contribution in [0, 0.1) is 13.8 Å². The van der Waals surface area contributed by atoms with E-state index in [1.165, 1.54) is 88.8 Å². The highest BCUT2D eigenvalue weighted by atomic mass is 15.0. The molecule has 15 aromatic carbocycles. The quantitative estimate of drug-likeness (QED) is 0.120. The van der Waals surface area contributed by atoms with Gasteiger partial charge in [-0.2, -0.15) is 0 Å². The van der Waals surface area contributed by atoms with E-state index in [1.54, 1.807) is 0 Å². The van der Waals surface area contributed by atoms with Gasteiger partial charge in [0.05, 0.1) is 27.9 Å². The van der Waals surface area contributed by atoms with Gasteiger partial charge >= 0.3 is 0 Å². The van der Waals surface area contributed by atoms with Crippen molar-refractivity contribution in [2.45, 2.75) is 31.1 Å². The summed E-state index contributed by atoms with van der Waals surface area (Å²) in [4.78, 5) is 37.2. The van der Waals surface area contributed by atoms with Gasteiger partial charge in [0.2, 0.25) is 0 Å². The van der Waals surface area contributed by atoms with Crippen LogP contribution in [0.3, 0.4) is 0 Å². The monoisotopic (exact) mass is 1490 g/mol. The fraction of sp³-hybridized carbons (Fsp3) is 0.0455. The summed E-state index contributed by atoms with van der Waals surface area (Å²) in [5.41, 5.74) is 38.7. The zero-order valence-corrected chi connectivity index (χ0v) is 64.2. The zero-order valence-electron chi connectivity index (χ0n) is 64.2. The van der Waals surface area contributed by atoms with Crippen LogP contribution in [-0.4, -0.2) is 34.9 Å². The van der Waals surface area contributed by atoms with Gasteiger partial charge in [-0.25, -0.2) is 24.9 Å². The van der Waals surface area contributed by atoms with Crippen molar-refractivity contribution in [3.63, 3.8) is 0 Å². The second kappa shape index (κ2) is 26.8. The number of aromatic nitrogens is 7. The molecule has 546 valence electrons. The van der Waals surface area contributed by atoms with E-state index >= 15 is 0 Å². The van der Waals surface area contributed by atoms with Gasteiger partial charge in [-0.05, 0) is 224 Å². The Kier molecular flexibility index (Phi) is 15.5. The molecular formula is C110H71N7. The molecule has 2 spiro atoms. The van der Waals surface area contributed by atoms with Crippen molar-refractivity contribution in [3.8, 4) is 157 Å². The predicted octanol–water partition coefficient (Wildman–Crippen LogP) is 26.2. The zero-order chi connectivity index (χ0) is 77.5. The molecule has 4 aromatic heterocycles. The molecule has 0 fully saturated rings. The predicted molar refractivity (Wildman–Crippen MR) is 474 cm³/mol. The number of fused-ring (bicyclic) bond motifs is 21. The lowest BCUT2D eigenvalue weighted by Gasteiger charge is -2.31. The molecule has 0 aliphatic heterocycles. The lowest BCUT2D eigenvalue weighted by Crippen LogP contribution is -2.26. The largest absolute Gasteiger partial charge is 0.264 e. The number of hydrogen-bond donors (Lipinski definition) is 0. The average Bonchev–Trinajstić information content (AvgIpc) is 1.51. The number of benzene rings is 15. The van der Waals surface area contributed by atoms with Crippen molar-refractivity contribution in [1.29, 1.82) is 0 Å². The van der Waals surface area contributed by atoms with Crippen LogP contribution in [-0.2, 0) is 17.3 Å². The summed E-state index contributed by atoms with van der Waals surface area (Å²) in [6.07, 6.45) is 6.62. The van der Waals surface area contributed by atoms with Gasteiger partial charge in [-0.3, -0.25) is 9.97 Å². The molecule has 1 atom stereocenters. The van der Waals surface area contributed by atoms with Gasteiger partial charge in [-0.15, -0.1) is 0 Å². The van der Waals surface area contributed by atoms with Crippen LogP contribution >= 0.6 is 0 Å². The highest BCUT2D eigenvalue weighted by Crippen LogP contribution is 2.67. The van der Waals surface area contributed by atoms with Gasteiger partial charge in [0.1, 0.15) is 5.82 Å². The van der Waals surface area contributed by atoms with Gasteiger partial charge < -0.3 is 0 Å². The summed E-state index contributed by atoms with van der Waals surface area (Å²) in [5.74, 6) is 2.47. The van der Waals surface area contributed by atoms with Crippen molar-refractivity contribution >= 4 is 10.8 Å². The maximum absolute atomic E-state index is 5.64. The molecule has 0 saturated carbocycles. The molecule has 7 nitrogen and oxygen atoms in total. The Morgan fingerprint density at radius 2 is 0.726 bits per heavy atom. The third kappa shape index (κ3) is 10.6. The minimum atomic E-state index is -0.753. The molecule has 1 unspecified atom stereocenters. The summed E-state index contributed by atoms with van der Waals surface area (Å²) in [6.45, 7) is 4.12. The molecule has 0 radical (unpaired) electrons. The van der Waals surface area contributed by atoms with Crippen LogP contribution < -0.4 is 0 Å². The molecule has 4 aliphatic carbocycles. The number of nitrogens with zero attached hydrogens (tertiary/aromatic N) is 7. The van der Waals surface area contributed by atoms with E-state index in [9.17, 15) is 0 Å². The molecule has 117 heavy (non-hydrogen) atoms. The first-order valence-electron chi connectivity index (χ1n) is 40.2. The fourth-order valence-electron chi connectivity index (χ4n) is 19.9. The SMILES string of the molecule is Cc1cncc(-c2cccc(-c3cc4c(cc3-c3nc(-c5ccccc5)nc(-c5cccc(-c6ccccc6)c5)n3)-c3ccc(Cc5cnc(-c6ccccc6)cc5-c5ccc6c(c5)C5(c7ccccc7-6)c6ccccc6-c6c(-c7cc(-c8cccc9ccccc89)nc(C)n7)cccc65)cc3C43c4ccccc4-c4ccccc43)c2)c1. The molecule has 23 rings (SSSR count). The maximum atomic E-state index is 5.64. The Balaban J connectivity index is 0.716. The van der Waals surface area contributed by atoms with E-state index in [1.807, 2.05) is 25.4 Å².